The van der Waals surface area contributed by atoms with Crippen molar-refractivity contribution in [1.29, 1.82) is 0 Å². The van der Waals surface area contributed by atoms with Crippen molar-refractivity contribution < 1.29 is 19.1 Å². The third kappa shape index (κ3) is 5.31. The van der Waals surface area contributed by atoms with Crippen LogP contribution >= 0.6 is 11.6 Å². The molecule has 2 aromatic carbocycles. The largest absolute Gasteiger partial charge is 0.465 e. The Balaban J connectivity index is 2.12. The Kier molecular flexibility index (Phi) is 6.96. The summed E-state index contributed by atoms with van der Waals surface area (Å²) in [5.74, 6) is -1.07. The number of hydrogen-bond acceptors (Lipinski definition) is 4. The molecule has 0 saturated carbocycles. The lowest BCUT2D eigenvalue weighted by Crippen LogP contribution is -2.33. The van der Waals surface area contributed by atoms with Gasteiger partial charge in [0.05, 0.1) is 18.4 Å². The van der Waals surface area contributed by atoms with Gasteiger partial charge in [-0.15, -0.1) is 0 Å². The Morgan fingerprint density at radius 3 is 2.48 bits per heavy atom. The smallest absolute Gasteiger partial charge is 0.339 e. The van der Waals surface area contributed by atoms with E-state index in [0.717, 1.165) is 5.56 Å². The summed E-state index contributed by atoms with van der Waals surface area (Å²) in [6.07, 6.45) is 0.0666. The van der Waals surface area contributed by atoms with Crippen LogP contribution in [-0.2, 0) is 14.3 Å². The van der Waals surface area contributed by atoms with Gasteiger partial charge in [0.15, 0.2) is 0 Å². The molecule has 0 aliphatic rings. The number of amides is 2. The van der Waals surface area contributed by atoms with Gasteiger partial charge in [0.1, 0.15) is 0 Å². The van der Waals surface area contributed by atoms with Crippen LogP contribution in [0.3, 0.4) is 0 Å². The Bertz CT molecular complexity index is 867. The molecular formula is C20H21ClN2O4. The quantitative estimate of drug-likeness (QED) is 0.763. The second-order valence-corrected chi connectivity index (χ2v) is 6.37. The van der Waals surface area contributed by atoms with E-state index in [1.165, 1.54) is 18.9 Å². The normalized spacial score (nSPS) is 10.2. The minimum Gasteiger partial charge on any atom is -0.465 e. The Morgan fingerprint density at radius 2 is 1.85 bits per heavy atom. The summed E-state index contributed by atoms with van der Waals surface area (Å²) in [5, 5.41) is 3.39. The number of anilines is 2. The maximum absolute atomic E-state index is 12.3. The van der Waals surface area contributed by atoms with E-state index >= 15 is 0 Å². The minimum absolute atomic E-state index is 0.0666. The zero-order valence-corrected chi connectivity index (χ0v) is 16.2. The number of hydrogen-bond donors (Lipinski definition) is 1. The molecule has 0 aliphatic carbocycles. The molecule has 142 valence electrons. The fourth-order valence-corrected chi connectivity index (χ4v) is 2.86. The van der Waals surface area contributed by atoms with Crippen molar-refractivity contribution in [2.24, 2.45) is 0 Å². The Labute approximate surface area is 163 Å². The molecule has 0 aromatic heterocycles. The van der Waals surface area contributed by atoms with Crippen LogP contribution in [0.15, 0.2) is 42.5 Å². The second kappa shape index (κ2) is 9.19. The number of halogens is 1. The van der Waals surface area contributed by atoms with Gasteiger partial charge in [-0.25, -0.2) is 4.79 Å². The third-order valence-electron chi connectivity index (χ3n) is 4.01. The van der Waals surface area contributed by atoms with E-state index in [4.69, 9.17) is 16.3 Å². The second-order valence-electron chi connectivity index (χ2n) is 5.94. The van der Waals surface area contributed by atoms with Crippen molar-refractivity contribution in [3.8, 4) is 0 Å². The first-order chi connectivity index (χ1) is 12.8. The maximum atomic E-state index is 12.3. The molecule has 0 fully saturated rings. The summed E-state index contributed by atoms with van der Waals surface area (Å²) >= 11 is 5.92. The van der Waals surface area contributed by atoms with Gasteiger partial charge >= 0.3 is 5.97 Å². The van der Waals surface area contributed by atoms with Crippen LogP contribution in [0.4, 0.5) is 11.4 Å². The van der Waals surface area contributed by atoms with Crippen molar-refractivity contribution in [3.63, 3.8) is 0 Å². The topological polar surface area (TPSA) is 75.7 Å². The van der Waals surface area contributed by atoms with E-state index in [0.29, 0.717) is 16.4 Å². The lowest BCUT2D eigenvalue weighted by molar-refractivity contribution is -0.117. The number of para-hydroxylation sites is 1. The summed E-state index contributed by atoms with van der Waals surface area (Å²) in [6.45, 7) is 3.35. The van der Waals surface area contributed by atoms with Crippen LogP contribution in [0.1, 0.15) is 29.3 Å². The van der Waals surface area contributed by atoms with Crippen molar-refractivity contribution in [2.45, 2.75) is 20.3 Å². The van der Waals surface area contributed by atoms with Crippen LogP contribution in [0, 0.1) is 6.92 Å². The fourth-order valence-electron chi connectivity index (χ4n) is 2.63. The van der Waals surface area contributed by atoms with Gasteiger partial charge in [0.2, 0.25) is 11.8 Å². The molecule has 0 aliphatic heterocycles. The zero-order valence-electron chi connectivity index (χ0n) is 15.4. The van der Waals surface area contributed by atoms with Crippen LogP contribution in [0.5, 0.6) is 0 Å². The van der Waals surface area contributed by atoms with Crippen molar-refractivity contribution >= 4 is 40.8 Å². The number of carbonyl (C=O) groups is 3. The number of benzene rings is 2. The first-order valence-corrected chi connectivity index (χ1v) is 8.72. The van der Waals surface area contributed by atoms with Crippen molar-refractivity contribution in [1.82, 2.24) is 0 Å². The van der Waals surface area contributed by atoms with Crippen LogP contribution in [-0.4, -0.2) is 31.4 Å². The fraction of sp³-hybridized carbons (Fsp3) is 0.250. The van der Waals surface area contributed by atoms with Gasteiger partial charge in [-0.05, 0) is 42.8 Å². The maximum Gasteiger partial charge on any atom is 0.339 e. The molecule has 0 bridgehead atoms. The van der Waals surface area contributed by atoms with E-state index in [-0.39, 0.29) is 30.3 Å². The van der Waals surface area contributed by atoms with Gasteiger partial charge in [-0.1, -0.05) is 23.7 Å². The highest BCUT2D eigenvalue weighted by Gasteiger charge is 2.20. The van der Waals surface area contributed by atoms with E-state index in [2.05, 4.69) is 5.32 Å². The van der Waals surface area contributed by atoms with E-state index < -0.39 is 5.97 Å². The summed E-state index contributed by atoms with van der Waals surface area (Å²) < 4.78 is 4.77. The zero-order chi connectivity index (χ0) is 20.0. The molecule has 0 spiro atoms. The molecule has 0 unspecified atom stereocenters. The first-order valence-electron chi connectivity index (χ1n) is 8.35. The van der Waals surface area contributed by atoms with Gasteiger partial charge in [0.25, 0.3) is 0 Å². The van der Waals surface area contributed by atoms with Crippen molar-refractivity contribution in [2.75, 3.05) is 23.9 Å². The number of nitrogens with one attached hydrogen (secondary N) is 1. The first kappa shape index (κ1) is 20.5. The molecule has 0 saturated heterocycles. The molecule has 2 aromatic rings. The molecule has 0 atom stereocenters. The predicted octanol–water partition coefficient (Wildman–Crippen LogP) is 3.82. The average molecular weight is 389 g/mol. The number of ether oxygens (including phenoxy) is 1. The number of esters is 1. The molecule has 6 nitrogen and oxygen atoms in total. The molecular weight excluding hydrogens is 368 g/mol. The number of methoxy groups -OCH3 is 1. The summed E-state index contributed by atoms with van der Waals surface area (Å²) in [5.41, 5.74) is 2.18. The van der Waals surface area contributed by atoms with Crippen LogP contribution in [0.25, 0.3) is 0 Å². The SMILES string of the molecule is COC(=O)c1ccccc1N(CCC(=O)Nc1ccc(Cl)cc1C)C(C)=O. The highest BCUT2D eigenvalue weighted by molar-refractivity contribution is 6.30. The lowest BCUT2D eigenvalue weighted by atomic mass is 10.1. The molecule has 7 heteroatoms. The summed E-state index contributed by atoms with van der Waals surface area (Å²) in [7, 11) is 1.28. The minimum atomic E-state index is -0.543. The van der Waals surface area contributed by atoms with Gasteiger partial charge in [-0.2, -0.15) is 0 Å². The van der Waals surface area contributed by atoms with E-state index in [1.807, 2.05) is 6.92 Å². The monoisotopic (exact) mass is 388 g/mol. The predicted molar refractivity (Wildman–Crippen MR) is 105 cm³/mol. The van der Waals surface area contributed by atoms with E-state index in [1.54, 1.807) is 42.5 Å². The Morgan fingerprint density at radius 1 is 1.15 bits per heavy atom. The molecule has 27 heavy (non-hydrogen) atoms. The molecule has 0 radical (unpaired) electrons. The molecule has 2 amide bonds. The van der Waals surface area contributed by atoms with Crippen LogP contribution < -0.4 is 10.2 Å². The molecule has 2 rings (SSSR count). The summed E-state index contributed by atoms with van der Waals surface area (Å²) in [6, 6.07) is 11.8. The van der Waals surface area contributed by atoms with Crippen molar-refractivity contribution in [3.05, 3.63) is 58.6 Å². The highest BCUT2D eigenvalue weighted by atomic mass is 35.5. The number of aryl methyl sites for hydroxylation is 1. The number of carbonyl (C=O) groups excluding carboxylic acids is 3. The molecule has 0 heterocycles. The number of nitrogens with zero attached hydrogens (tertiary/aromatic N) is 1. The number of rotatable bonds is 6. The Hall–Kier alpha value is -2.86. The lowest BCUT2D eigenvalue weighted by Gasteiger charge is -2.23. The summed E-state index contributed by atoms with van der Waals surface area (Å²) in [4.78, 5) is 37.8. The van der Waals surface area contributed by atoms with E-state index in [9.17, 15) is 14.4 Å². The standard InChI is InChI=1S/C20H21ClN2O4/c1-13-12-15(21)8-9-17(13)22-19(25)10-11-23(14(2)24)18-7-5-4-6-16(18)20(26)27-3/h4-9,12H,10-11H2,1-3H3,(H,22,25). The van der Waals surface area contributed by atoms with Gasteiger partial charge in [0, 0.05) is 30.6 Å². The van der Waals surface area contributed by atoms with Crippen LogP contribution in [0.2, 0.25) is 5.02 Å². The van der Waals surface area contributed by atoms with Gasteiger partial charge < -0.3 is 15.0 Å². The third-order valence-corrected chi connectivity index (χ3v) is 4.24. The van der Waals surface area contributed by atoms with Gasteiger partial charge in [-0.3, -0.25) is 9.59 Å². The highest BCUT2D eigenvalue weighted by Crippen LogP contribution is 2.23. The molecule has 1 N–H and O–H groups in total. The average Bonchev–Trinajstić information content (AvgIpc) is 2.63.